The molecule has 0 spiro atoms. The molecule has 1 heterocycles. The molecule has 0 saturated carbocycles. The molecule has 0 fully saturated rings. The van der Waals surface area contributed by atoms with E-state index >= 15 is 0 Å². The topological polar surface area (TPSA) is 36.1 Å². The Bertz CT molecular complexity index is 420. The van der Waals surface area contributed by atoms with Crippen LogP contribution in [0.5, 0.6) is 0 Å². The zero-order valence-electron chi connectivity index (χ0n) is 6.62. The summed E-state index contributed by atoms with van der Waals surface area (Å²) in [6, 6.07) is 7.61. The quantitative estimate of drug-likeness (QED) is 0.657. The minimum atomic E-state index is 0.509. The molecule has 0 atom stereocenters. The van der Waals surface area contributed by atoms with Gasteiger partial charge in [0, 0.05) is 10.8 Å². The van der Waals surface area contributed by atoms with Gasteiger partial charge < -0.3 is 0 Å². The Balaban J connectivity index is 2.51. The lowest BCUT2D eigenvalue weighted by Gasteiger charge is -2.10. The first-order chi connectivity index (χ1) is 6.29. The van der Waals surface area contributed by atoms with Crippen LogP contribution in [0.1, 0.15) is 5.56 Å². The van der Waals surface area contributed by atoms with Crippen LogP contribution in [0.2, 0.25) is 5.02 Å². The van der Waals surface area contributed by atoms with Gasteiger partial charge in [-0.25, -0.2) is 4.99 Å². The molecule has 1 aromatic carbocycles. The molecular formula is C9H5ClN2S. The van der Waals surface area contributed by atoms with E-state index in [9.17, 15) is 0 Å². The molecule has 1 aliphatic heterocycles. The molecule has 0 aliphatic carbocycles. The fourth-order valence-electron chi connectivity index (χ4n) is 1.11. The summed E-state index contributed by atoms with van der Waals surface area (Å²) in [5, 5.41) is 9.82. The largest absolute Gasteiger partial charge is 0.230 e. The van der Waals surface area contributed by atoms with E-state index < -0.39 is 0 Å². The van der Waals surface area contributed by atoms with Crippen molar-refractivity contribution in [1.29, 1.82) is 5.26 Å². The van der Waals surface area contributed by atoms with Crippen molar-refractivity contribution in [3.8, 4) is 6.07 Å². The predicted octanol–water partition coefficient (Wildman–Crippen LogP) is 3.14. The van der Waals surface area contributed by atoms with Crippen LogP contribution >= 0.6 is 23.4 Å². The van der Waals surface area contributed by atoms with Gasteiger partial charge in [0.15, 0.2) is 5.04 Å². The van der Waals surface area contributed by atoms with Gasteiger partial charge in [-0.3, -0.25) is 0 Å². The lowest BCUT2D eigenvalue weighted by molar-refractivity contribution is 1.35. The minimum Gasteiger partial charge on any atom is -0.230 e. The van der Waals surface area contributed by atoms with Gasteiger partial charge in [-0.2, -0.15) is 5.26 Å². The summed E-state index contributed by atoms with van der Waals surface area (Å²) in [5.41, 5.74) is 1.95. The van der Waals surface area contributed by atoms with E-state index in [0.717, 1.165) is 17.0 Å². The zero-order chi connectivity index (χ0) is 9.26. The van der Waals surface area contributed by atoms with Gasteiger partial charge >= 0.3 is 0 Å². The Labute approximate surface area is 85.2 Å². The van der Waals surface area contributed by atoms with Crippen LogP contribution in [0.4, 0.5) is 5.69 Å². The Kier molecular flexibility index (Phi) is 2.26. The summed E-state index contributed by atoms with van der Waals surface area (Å²) in [5.74, 6) is 0.804. The number of rotatable bonds is 0. The highest BCUT2D eigenvalue weighted by molar-refractivity contribution is 8.13. The molecule has 64 valence electrons. The molecule has 13 heavy (non-hydrogen) atoms. The third-order valence-electron chi connectivity index (χ3n) is 1.73. The predicted molar refractivity (Wildman–Crippen MR) is 55.5 cm³/mol. The number of benzene rings is 1. The van der Waals surface area contributed by atoms with Crippen molar-refractivity contribution < 1.29 is 0 Å². The molecule has 1 aliphatic rings. The number of hydrogen-bond acceptors (Lipinski definition) is 3. The third kappa shape index (κ3) is 1.69. The first-order valence-electron chi connectivity index (χ1n) is 3.69. The third-order valence-corrected chi connectivity index (χ3v) is 2.88. The van der Waals surface area contributed by atoms with E-state index in [4.69, 9.17) is 16.9 Å². The molecular weight excluding hydrogens is 204 g/mol. The van der Waals surface area contributed by atoms with Crippen molar-refractivity contribution in [3.63, 3.8) is 0 Å². The first kappa shape index (κ1) is 8.61. The maximum Gasteiger partial charge on any atom is 0.174 e. The SMILES string of the molecule is N#CC1=Nc2cc(Cl)ccc2CS1. The molecule has 4 heteroatoms. The molecule has 0 amide bonds. The molecule has 0 bridgehead atoms. The molecule has 2 nitrogen and oxygen atoms in total. The summed E-state index contributed by atoms with van der Waals surface area (Å²) < 4.78 is 0. The number of fused-ring (bicyclic) bond motifs is 1. The van der Waals surface area contributed by atoms with Crippen molar-refractivity contribution in [2.75, 3.05) is 0 Å². The second-order valence-corrected chi connectivity index (χ2v) is 3.99. The van der Waals surface area contributed by atoms with E-state index in [-0.39, 0.29) is 0 Å². The van der Waals surface area contributed by atoms with E-state index in [0.29, 0.717) is 10.1 Å². The van der Waals surface area contributed by atoms with Crippen molar-refractivity contribution in [3.05, 3.63) is 28.8 Å². The fraction of sp³-hybridized carbons (Fsp3) is 0.111. The maximum absolute atomic E-state index is 8.65. The Morgan fingerprint density at radius 2 is 2.38 bits per heavy atom. The van der Waals surface area contributed by atoms with Crippen LogP contribution in [0.25, 0.3) is 0 Å². The van der Waals surface area contributed by atoms with E-state index in [1.807, 2.05) is 18.2 Å². The summed E-state index contributed by atoms with van der Waals surface area (Å²) in [6.07, 6.45) is 0. The molecule has 1 aromatic rings. The Morgan fingerprint density at radius 1 is 1.54 bits per heavy atom. The van der Waals surface area contributed by atoms with Crippen LogP contribution in [0.3, 0.4) is 0 Å². The highest BCUT2D eigenvalue weighted by Gasteiger charge is 2.11. The number of halogens is 1. The van der Waals surface area contributed by atoms with Crippen LogP contribution in [0.15, 0.2) is 23.2 Å². The average Bonchev–Trinajstić information content (AvgIpc) is 2.16. The molecule has 0 unspecified atom stereocenters. The first-order valence-corrected chi connectivity index (χ1v) is 5.06. The van der Waals surface area contributed by atoms with E-state index in [1.165, 1.54) is 11.8 Å². The van der Waals surface area contributed by atoms with Crippen LogP contribution in [0, 0.1) is 11.3 Å². The maximum atomic E-state index is 8.65. The number of hydrogen-bond donors (Lipinski definition) is 0. The summed E-state index contributed by atoms with van der Waals surface area (Å²) >= 11 is 7.27. The standard InChI is InChI=1S/C9H5ClN2S/c10-7-2-1-6-5-13-9(4-11)12-8(6)3-7/h1-3H,5H2. The molecule has 0 radical (unpaired) electrons. The molecule has 0 aromatic heterocycles. The second-order valence-electron chi connectivity index (χ2n) is 2.59. The van der Waals surface area contributed by atoms with Crippen molar-refractivity contribution in [2.24, 2.45) is 4.99 Å². The highest BCUT2D eigenvalue weighted by Crippen LogP contribution is 2.32. The Morgan fingerprint density at radius 3 is 3.15 bits per heavy atom. The number of aliphatic imine (C=N–C) groups is 1. The van der Waals surface area contributed by atoms with Gasteiger partial charge in [-0.05, 0) is 17.7 Å². The summed E-state index contributed by atoms with van der Waals surface area (Å²) in [7, 11) is 0. The van der Waals surface area contributed by atoms with Gasteiger partial charge in [-0.15, -0.1) is 0 Å². The van der Waals surface area contributed by atoms with E-state index in [2.05, 4.69) is 4.99 Å². The van der Waals surface area contributed by atoms with Crippen LogP contribution in [-0.2, 0) is 5.75 Å². The monoisotopic (exact) mass is 208 g/mol. The number of nitrogens with zero attached hydrogens (tertiary/aromatic N) is 2. The smallest absolute Gasteiger partial charge is 0.174 e. The van der Waals surface area contributed by atoms with Crippen molar-refractivity contribution in [2.45, 2.75) is 5.75 Å². The number of nitriles is 1. The van der Waals surface area contributed by atoms with Crippen LogP contribution < -0.4 is 0 Å². The minimum absolute atomic E-state index is 0.509. The van der Waals surface area contributed by atoms with Gasteiger partial charge in [0.2, 0.25) is 0 Å². The molecule has 0 saturated heterocycles. The van der Waals surface area contributed by atoms with Crippen molar-refractivity contribution >= 4 is 34.1 Å². The highest BCUT2D eigenvalue weighted by atomic mass is 35.5. The average molecular weight is 209 g/mol. The Hall–Kier alpha value is -0.980. The van der Waals surface area contributed by atoms with Crippen LogP contribution in [-0.4, -0.2) is 5.04 Å². The second kappa shape index (κ2) is 3.41. The van der Waals surface area contributed by atoms with Gasteiger partial charge in [0.05, 0.1) is 5.69 Å². The number of thioether (sulfide) groups is 1. The molecule has 2 rings (SSSR count). The zero-order valence-corrected chi connectivity index (χ0v) is 8.19. The lowest BCUT2D eigenvalue weighted by Crippen LogP contribution is -1.95. The van der Waals surface area contributed by atoms with Gasteiger partial charge in [-0.1, -0.05) is 29.4 Å². The summed E-state index contributed by atoms with van der Waals surface area (Å²) in [6.45, 7) is 0. The molecule has 0 N–H and O–H groups in total. The van der Waals surface area contributed by atoms with E-state index in [1.54, 1.807) is 6.07 Å². The van der Waals surface area contributed by atoms with Crippen molar-refractivity contribution in [1.82, 2.24) is 0 Å². The normalized spacial score (nSPS) is 14.3. The van der Waals surface area contributed by atoms with Gasteiger partial charge in [0.1, 0.15) is 6.07 Å². The summed E-state index contributed by atoms with van der Waals surface area (Å²) in [4.78, 5) is 4.16. The van der Waals surface area contributed by atoms with Gasteiger partial charge in [0.25, 0.3) is 0 Å². The fourth-order valence-corrected chi connectivity index (χ4v) is 2.04. The lowest BCUT2D eigenvalue weighted by atomic mass is 10.2.